The van der Waals surface area contributed by atoms with Crippen LogP contribution in [-0.4, -0.2) is 27.5 Å². The number of amides is 1. The number of aromatic nitrogens is 2. The Balaban J connectivity index is 1.81. The van der Waals surface area contributed by atoms with E-state index in [0.29, 0.717) is 18.1 Å². The van der Waals surface area contributed by atoms with E-state index < -0.39 is 0 Å². The molecule has 21 heavy (non-hydrogen) atoms. The van der Waals surface area contributed by atoms with Crippen molar-refractivity contribution in [3.05, 3.63) is 36.2 Å². The van der Waals surface area contributed by atoms with Crippen LogP contribution in [0.3, 0.4) is 0 Å². The maximum Gasteiger partial charge on any atom is 0.249 e. The van der Waals surface area contributed by atoms with E-state index in [-0.39, 0.29) is 11.9 Å². The molecule has 0 bridgehead atoms. The summed E-state index contributed by atoms with van der Waals surface area (Å²) < 4.78 is 5.41. The summed E-state index contributed by atoms with van der Waals surface area (Å²) in [6.07, 6.45) is 3.33. The molecule has 110 valence electrons. The molecule has 1 aliphatic heterocycles. The molecule has 1 amide bonds. The normalized spacial score (nSPS) is 18.1. The van der Waals surface area contributed by atoms with E-state index in [9.17, 15) is 4.79 Å². The Hall–Kier alpha value is -2.17. The number of carbonyl (C=O) groups excluding carboxylic acids is 1. The van der Waals surface area contributed by atoms with Crippen LogP contribution in [0.25, 0.3) is 11.4 Å². The predicted molar refractivity (Wildman–Crippen MR) is 78.3 cm³/mol. The van der Waals surface area contributed by atoms with Crippen molar-refractivity contribution >= 4 is 5.91 Å². The molecule has 1 atom stereocenters. The number of likely N-dealkylation sites (tertiary alicyclic amines) is 1. The highest BCUT2D eigenvalue weighted by Gasteiger charge is 2.33. The van der Waals surface area contributed by atoms with Crippen LogP contribution in [0.5, 0.6) is 0 Å². The highest BCUT2D eigenvalue weighted by molar-refractivity contribution is 5.76. The Bertz CT molecular complexity index is 609. The molecule has 3 rings (SSSR count). The van der Waals surface area contributed by atoms with Gasteiger partial charge in [-0.3, -0.25) is 4.79 Å². The van der Waals surface area contributed by atoms with Gasteiger partial charge in [0.15, 0.2) is 0 Å². The molecule has 0 N–H and O–H groups in total. The van der Waals surface area contributed by atoms with E-state index in [1.54, 1.807) is 0 Å². The van der Waals surface area contributed by atoms with Crippen molar-refractivity contribution in [2.75, 3.05) is 6.54 Å². The first-order chi connectivity index (χ1) is 10.3. The minimum Gasteiger partial charge on any atom is -0.337 e. The van der Waals surface area contributed by atoms with Gasteiger partial charge in [-0.15, -0.1) is 0 Å². The quantitative estimate of drug-likeness (QED) is 0.865. The maximum absolute atomic E-state index is 12.1. The van der Waals surface area contributed by atoms with Crippen LogP contribution in [0.1, 0.15) is 44.5 Å². The fraction of sp³-hybridized carbons (Fsp3) is 0.438. The third-order valence-electron chi connectivity index (χ3n) is 3.80. The summed E-state index contributed by atoms with van der Waals surface area (Å²) in [6.45, 7) is 2.80. The van der Waals surface area contributed by atoms with Crippen LogP contribution in [0.2, 0.25) is 0 Å². The SMILES string of the molecule is CCCC(=O)N1CCCC1c1nc(-c2ccccc2)no1. The molecule has 1 unspecified atom stereocenters. The van der Waals surface area contributed by atoms with Crippen LogP contribution in [0.15, 0.2) is 34.9 Å². The second-order valence-electron chi connectivity index (χ2n) is 5.32. The zero-order chi connectivity index (χ0) is 14.7. The van der Waals surface area contributed by atoms with Gasteiger partial charge in [-0.1, -0.05) is 42.4 Å². The molecule has 0 saturated carbocycles. The van der Waals surface area contributed by atoms with E-state index >= 15 is 0 Å². The number of benzene rings is 1. The molecule has 0 radical (unpaired) electrons. The van der Waals surface area contributed by atoms with Crippen LogP contribution in [-0.2, 0) is 4.79 Å². The molecule has 1 fully saturated rings. The van der Waals surface area contributed by atoms with E-state index in [4.69, 9.17) is 4.52 Å². The summed E-state index contributed by atoms with van der Waals surface area (Å²) in [5.41, 5.74) is 0.928. The van der Waals surface area contributed by atoms with E-state index in [2.05, 4.69) is 10.1 Å². The molecule has 5 heteroatoms. The fourth-order valence-electron chi connectivity index (χ4n) is 2.75. The molecule has 0 aliphatic carbocycles. The average Bonchev–Trinajstić information content (AvgIpc) is 3.17. The lowest BCUT2D eigenvalue weighted by Gasteiger charge is -2.21. The summed E-state index contributed by atoms with van der Waals surface area (Å²) in [7, 11) is 0. The molecule has 1 aliphatic rings. The fourth-order valence-corrected chi connectivity index (χ4v) is 2.75. The van der Waals surface area contributed by atoms with Gasteiger partial charge in [0.2, 0.25) is 17.6 Å². The lowest BCUT2D eigenvalue weighted by molar-refractivity contribution is -0.132. The topological polar surface area (TPSA) is 59.2 Å². The van der Waals surface area contributed by atoms with E-state index in [1.807, 2.05) is 42.2 Å². The zero-order valence-electron chi connectivity index (χ0n) is 12.2. The number of rotatable bonds is 4. The molecule has 0 spiro atoms. The van der Waals surface area contributed by atoms with Gasteiger partial charge in [-0.2, -0.15) is 4.98 Å². The average molecular weight is 285 g/mol. The molecule has 1 aromatic heterocycles. The highest BCUT2D eigenvalue weighted by atomic mass is 16.5. The standard InChI is InChI=1S/C16H19N3O2/c1-2-7-14(20)19-11-6-10-13(19)16-17-15(18-21-16)12-8-4-3-5-9-12/h3-5,8-9,13H,2,6-7,10-11H2,1H3. The van der Waals surface area contributed by atoms with Crippen LogP contribution >= 0.6 is 0 Å². The Morgan fingerprint density at radius 1 is 1.38 bits per heavy atom. The summed E-state index contributed by atoms with van der Waals surface area (Å²) in [6, 6.07) is 9.67. The monoisotopic (exact) mass is 285 g/mol. The summed E-state index contributed by atoms with van der Waals surface area (Å²) in [5, 5.41) is 4.05. The molecule has 5 nitrogen and oxygen atoms in total. The van der Waals surface area contributed by atoms with Gasteiger partial charge in [0.1, 0.15) is 6.04 Å². The van der Waals surface area contributed by atoms with E-state index in [1.165, 1.54) is 0 Å². The van der Waals surface area contributed by atoms with Gasteiger partial charge in [0.25, 0.3) is 0 Å². The van der Waals surface area contributed by atoms with Gasteiger partial charge < -0.3 is 9.42 Å². The third-order valence-corrected chi connectivity index (χ3v) is 3.80. The first-order valence-corrected chi connectivity index (χ1v) is 7.48. The maximum atomic E-state index is 12.1. The van der Waals surface area contributed by atoms with Crippen LogP contribution < -0.4 is 0 Å². The van der Waals surface area contributed by atoms with Crippen molar-refractivity contribution in [2.24, 2.45) is 0 Å². The van der Waals surface area contributed by atoms with Crippen molar-refractivity contribution in [3.8, 4) is 11.4 Å². The first-order valence-electron chi connectivity index (χ1n) is 7.48. The van der Waals surface area contributed by atoms with Gasteiger partial charge >= 0.3 is 0 Å². The van der Waals surface area contributed by atoms with E-state index in [0.717, 1.165) is 31.4 Å². The lowest BCUT2D eigenvalue weighted by Crippen LogP contribution is -2.30. The minimum absolute atomic E-state index is 0.0611. The van der Waals surface area contributed by atoms with Gasteiger partial charge in [-0.25, -0.2) is 0 Å². The molecular weight excluding hydrogens is 266 g/mol. The summed E-state index contributed by atoms with van der Waals surface area (Å²) in [5.74, 6) is 1.32. The number of hydrogen-bond donors (Lipinski definition) is 0. The lowest BCUT2D eigenvalue weighted by atomic mass is 10.2. The largest absolute Gasteiger partial charge is 0.337 e. The molecule has 2 aromatic rings. The zero-order valence-corrected chi connectivity index (χ0v) is 12.2. The Morgan fingerprint density at radius 2 is 2.19 bits per heavy atom. The van der Waals surface area contributed by atoms with Crippen molar-refractivity contribution in [1.29, 1.82) is 0 Å². The molecule has 1 saturated heterocycles. The van der Waals surface area contributed by atoms with Gasteiger partial charge in [-0.05, 0) is 19.3 Å². The predicted octanol–water partition coefficient (Wildman–Crippen LogP) is 3.20. The Morgan fingerprint density at radius 3 is 2.95 bits per heavy atom. The molecule has 1 aromatic carbocycles. The Kier molecular flexibility index (Phi) is 3.99. The van der Waals surface area contributed by atoms with Crippen molar-refractivity contribution in [2.45, 2.75) is 38.6 Å². The van der Waals surface area contributed by atoms with Crippen molar-refractivity contribution < 1.29 is 9.32 Å². The minimum atomic E-state index is -0.0611. The number of carbonyl (C=O) groups is 1. The van der Waals surface area contributed by atoms with Crippen LogP contribution in [0.4, 0.5) is 0 Å². The Labute approximate surface area is 124 Å². The molecular formula is C16H19N3O2. The third kappa shape index (κ3) is 2.82. The van der Waals surface area contributed by atoms with Crippen LogP contribution in [0, 0.1) is 0 Å². The summed E-state index contributed by atoms with van der Waals surface area (Å²) >= 11 is 0. The number of nitrogens with zero attached hydrogens (tertiary/aromatic N) is 3. The highest BCUT2D eigenvalue weighted by Crippen LogP contribution is 2.32. The number of hydrogen-bond acceptors (Lipinski definition) is 4. The second kappa shape index (κ2) is 6.08. The first kappa shape index (κ1) is 13.8. The second-order valence-corrected chi connectivity index (χ2v) is 5.32. The van der Waals surface area contributed by atoms with Gasteiger partial charge in [0, 0.05) is 18.5 Å². The summed E-state index contributed by atoms with van der Waals surface area (Å²) in [4.78, 5) is 18.5. The van der Waals surface area contributed by atoms with Crippen molar-refractivity contribution in [1.82, 2.24) is 15.0 Å². The van der Waals surface area contributed by atoms with Crippen molar-refractivity contribution in [3.63, 3.8) is 0 Å². The smallest absolute Gasteiger partial charge is 0.249 e. The molecule has 2 heterocycles. The van der Waals surface area contributed by atoms with Gasteiger partial charge in [0.05, 0.1) is 0 Å².